The average Bonchev–Trinajstić information content (AvgIpc) is 2.15. The second kappa shape index (κ2) is 4.69. The summed E-state index contributed by atoms with van der Waals surface area (Å²) in [5.74, 6) is -1.27. The van der Waals surface area contributed by atoms with Crippen molar-refractivity contribution in [3.05, 3.63) is 36.9 Å². The van der Waals surface area contributed by atoms with E-state index in [2.05, 4.69) is 16.1 Å². The number of esters is 1. The number of ether oxygens (including phenoxy) is 2. The van der Waals surface area contributed by atoms with Crippen LogP contribution in [0.4, 0.5) is 13.2 Å². The fourth-order valence-corrected chi connectivity index (χ4v) is 0.893. The van der Waals surface area contributed by atoms with Crippen LogP contribution in [0.1, 0.15) is 0 Å². The number of carbonyl (C=O) groups is 1. The maximum atomic E-state index is 11.9. The minimum atomic E-state index is -4.78. The minimum absolute atomic E-state index is 0.0494. The van der Waals surface area contributed by atoms with Crippen LogP contribution in [0.15, 0.2) is 36.9 Å². The Balaban J connectivity index is 2.79. The van der Waals surface area contributed by atoms with Gasteiger partial charge in [-0.05, 0) is 12.1 Å². The highest BCUT2D eigenvalue weighted by Gasteiger charge is 2.31. The number of carbonyl (C=O) groups excluding carboxylic acids is 1. The molecule has 1 aromatic rings. The van der Waals surface area contributed by atoms with Gasteiger partial charge in [0.15, 0.2) is 0 Å². The summed E-state index contributed by atoms with van der Waals surface area (Å²) in [6.45, 7) is 3.15. The van der Waals surface area contributed by atoms with Crippen molar-refractivity contribution in [1.29, 1.82) is 0 Å². The lowest BCUT2D eigenvalue weighted by molar-refractivity contribution is -0.274. The van der Waals surface area contributed by atoms with E-state index >= 15 is 0 Å². The Kier molecular flexibility index (Phi) is 3.55. The molecular weight excluding hydrogens is 225 g/mol. The first-order valence-corrected chi connectivity index (χ1v) is 4.11. The summed E-state index contributed by atoms with van der Waals surface area (Å²) >= 11 is 0. The number of benzene rings is 1. The topological polar surface area (TPSA) is 35.5 Å². The molecule has 0 N–H and O–H groups in total. The van der Waals surface area contributed by atoms with Crippen LogP contribution in [0.3, 0.4) is 0 Å². The van der Waals surface area contributed by atoms with Gasteiger partial charge in [-0.25, -0.2) is 4.79 Å². The first kappa shape index (κ1) is 12.1. The zero-order chi connectivity index (χ0) is 12.2. The molecule has 0 fully saturated rings. The van der Waals surface area contributed by atoms with Crippen LogP contribution >= 0.6 is 0 Å². The lowest BCUT2D eigenvalue weighted by Gasteiger charge is -2.09. The van der Waals surface area contributed by atoms with E-state index in [1.54, 1.807) is 0 Å². The van der Waals surface area contributed by atoms with Crippen molar-refractivity contribution in [3.63, 3.8) is 0 Å². The molecule has 0 spiro atoms. The molecule has 0 aliphatic heterocycles. The summed E-state index contributed by atoms with van der Waals surface area (Å²) < 4.78 is 43.8. The molecule has 1 rings (SSSR count). The predicted octanol–water partition coefficient (Wildman–Crippen LogP) is 2.68. The second-order valence-corrected chi connectivity index (χ2v) is 2.65. The molecule has 0 aliphatic carbocycles. The third-order valence-corrected chi connectivity index (χ3v) is 1.42. The van der Waals surface area contributed by atoms with Gasteiger partial charge in [-0.2, -0.15) is 0 Å². The van der Waals surface area contributed by atoms with Crippen LogP contribution in [0.5, 0.6) is 11.5 Å². The smallest absolute Gasteiger partial charge is 0.423 e. The van der Waals surface area contributed by atoms with Gasteiger partial charge in [-0.3, -0.25) is 0 Å². The number of alkyl halides is 3. The molecule has 0 atom stereocenters. The van der Waals surface area contributed by atoms with Crippen LogP contribution < -0.4 is 9.47 Å². The Bertz CT molecular complexity index is 399. The summed E-state index contributed by atoms with van der Waals surface area (Å²) in [5, 5.41) is 0. The summed E-state index contributed by atoms with van der Waals surface area (Å²) in [6, 6.07) is 4.64. The molecule has 1 aromatic carbocycles. The van der Waals surface area contributed by atoms with Crippen LogP contribution in [-0.2, 0) is 4.79 Å². The first-order chi connectivity index (χ1) is 7.40. The highest BCUT2D eigenvalue weighted by molar-refractivity contribution is 5.83. The van der Waals surface area contributed by atoms with Gasteiger partial charge in [0.1, 0.15) is 11.5 Å². The zero-order valence-electron chi connectivity index (χ0n) is 7.95. The van der Waals surface area contributed by atoms with Gasteiger partial charge in [0, 0.05) is 12.1 Å². The molecule has 16 heavy (non-hydrogen) atoms. The summed E-state index contributed by atoms with van der Waals surface area (Å²) in [7, 11) is 0. The maximum Gasteiger partial charge on any atom is 0.573 e. The quantitative estimate of drug-likeness (QED) is 0.456. The van der Waals surface area contributed by atoms with Gasteiger partial charge in [0.2, 0.25) is 0 Å². The fourth-order valence-electron chi connectivity index (χ4n) is 0.893. The highest BCUT2D eigenvalue weighted by Crippen LogP contribution is 2.25. The Morgan fingerprint density at radius 2 is 1.94 bits per heavy atom. The average molecular weight is 232 g/mol. The van der Waals surface area contributed by atoms with Crippen molar-refractivity contribution in [1.82, 2.24) is 0 Å². The van der Waals surface area contributed by atoms with E-state index in [-0.39, 0.29) is 5.75 Å². The highest BCUT2D eigenvalue weighted by atomic mass is 19.4. The van der Waals surface area contributed by atoms with E-state index < -0.39 is 18.1 Å². The van der Waals surface area contributed by atoms with Crippen molar-refractivity contribution in [2.75, 3.05) is 0 Å². The summed E-state index contributed by atoms with van der Waals surface area (Å²) in [4.78, 5) is 10.8. The standard InChI is InChI=1S/C10H7F3O3/c1-2-9(14)15-7-4-3-5-8(6-7)16-10(11,12)13/h2-6H,1H2. The van der Waals surface area contributed by atoms with Crippen molar-refractivity contribution >= 4 is 5.97 Å². The molecule has 0 heterocycles. The van der Waals surface area contributed by atoms with Gasteiger partial charge in [0.25, 0.3) is 0 Å². The molecule has 0 saturated heterocycles. The zero-order valence-corrected chi connectivity index (χ0v) is 7.95. The first-order valence-electron chi connectivity index (χ1n) is 4.11. The summed E-state index contributed by atoms with van der Waals surface area (Å²) in [6.07, 6.45) is -3.88. The van der Waals surface area contributed by atoms with Crippen molar-refractivity contribution in [2.45, 2.75) is 6.36 Å². The molecule has 0 radical (unpaired) electrons. The van der Waals surface area contributed by atoms with Gasteiger partial charge < -0.3 is 9.47 Å². The van der Waals surface area contributed by atoms with Crippen molar-refractivity contribution in [3.8, 4) is 11.5 Å². The van der Waals surface area contributed by atoms with E-state index in [0.717, 1.165) is 18.2 Å². The molecular formula is C10H7F3O3. The molecule has 0 unspecified atom stereocenters. The normalized spacial score (nSPS) is 10.7. The van der Waals surface area contributed by atoms with Crippen molar-refractivity contribution < 1.29 is 27.4 Å². The van der Waals surface area contributed by atoms with Crippen LogP contribution in [0, 0.1) is 0 Å². The molecule has 0 amide bonds. The monoisotopic (exact) mass is 232 g/mol. The predicted molar refractivity (Wildman–Crippen MR) is 49.0 cm³/mol. The van der Waals surface area contributed by atoms with E-state index in [9.17, 15) is 18.0 Å². The third kappa shape index (κ3) is 4.04. The van der Waals surface area contributed by atoms with Crippen LogP contribution in [-0.4, -0.2) is 12.3 Å². The molecule has 0 aromatic heterocycles. The minimum Gasteiger partial charge on any atom is -0.423 e. The molecule has 0 saturated carbocycles. The molecule has 6 heteroatoms. The second-order valence-electron chi connectivity index (χ2n) is 2.65. The Hall–Kier alpha value is -1.98. The van der Waals surface area contributed by atoms with E-state index in [1.807, 2.05) is 0 Å². The molecule has 3 nitrogen and oxygen atoms in total. The van der Waals surface area contributed by atoms with E-state index in [1.165, 1.54) is 12.1 Å². The Morgan fingerprint density at radius 3 is 2.50 bits per heavy atom. The lowest BCUT2D eigenvalue weighted by atomic mass is 10.3. The van der Waals surface area contributed by atoms with E-state index in [4.69, 9.17) is 0 Å². The Morgan fingerprint density at radius 1 is 1.31 bits per heavy atom. The van der Waals surface area contributed by atoms with Gasteiger partial charge in [-0.15, -0.1) is 13.2 Å². The number of hydrogen-bond acceptors (Lipinski definition) is 3. The fraction of sp³-hybridized carbons (Fsp3) is 0.100. The molecule has 0 bridgehead atoms. The maximum absolute atomic E-state index is 11.9. The number of hydrogen-bond donors (Lipinski definition) is 0. The third-order valence-electron chi connectivity index (χ3n) is 1.42. The van der Waals surface area contributed by atoms with Gasteiger partial charge in [-0.1, -0.05) is 12.6 Å². The van der Waals surface area contributed by atoms with Gasteiger partial charge in [0.05, 0.1) is 0 Å². The molecule has 86 valence electrons. The summed E-state index contributed by atoms with van der Waals surface area (Å²) in [5.41, 5.74) is 0. The van der Waals surface area contributed by atoms with Gasteiger partial charge >= 0.3 is 12.3 Å². The Labute approximate surface area is 89.1 Å². The van der Waals surface area contributed by atoms with Crippen molar-refractivity contribution in [2.24, 2.45) is 0 Å². The van der Waals surface area contributed by atoms with Crippen LogP contribution in [0.2, 0.25) is 0 Å². The largest absolute Gasteiger partial charge is 0.573 e. The number of rotatable bonds is 3. The van der Waals surface area contributed by atoms with Crippen LogP contribution in [0.25, 0.3) is 0 Å². The molecule has 0 aliphatic rings. The lowest BCUT2D eigenvalue weighted by Crippen LogP contribution is -2.17. The SMILES string of the molecule is C=CC(=O)Oc1cccc(OC(F)(F)F)c1. The van der Waals surface area contributed by atoms with E-state index in [0.29, 0.717) is 0 Å². The number of halogens is 3.